The van der Waals surface area contributed by atoms with Gasteiger partial charge in [0, 0.05) is 25.2 Å². The molecule has 0 saturated carbocycles. The first kappa shape index (κ1) is 12.9. The Morgan fingerprint density at radius 1 is 1.56 bits per heavy atom. The van der Waals surface area contributed by atoms with Gasteiger partial charge in [-0.15, -0.1) is 0 Å². The van der Waals surface area contributed by atoms with Gasteiger partial charge in [0.25, 0.3) is 0 Å². The van der Waals surface area contributed by atoms with Crippen molar-refractivity contribution in [3.8, 4) is 5.75 Å². The van der Waals surface area contributed by atoms with Gasteiger partial charge < -0.3 is 15.3 Å². The highest BCUT2D eigenvalue weighted by Gasteiger charge is 2.17. The van der Waals surface area contributed by atoms with Crippen molar-refractivity contribution in [1.82, 2.24) is 5.32 Å². The Morgan fingerprint density at radius 2 is 2.39 bits per heavy atom. The molecule has 1 aromatic rings. The Kier molecular flexibility index (Phi) is 4.20. The fourth-order valence-electron chi connectivity index (χ4n) is 2.30. The van der Waals surface area contributed by atoms with Gasteiger partial charge in [-0.3, -0.25) is 4.79 Å². The monoisotopic (exact) mass is 248 g/mol. The molecule has 1 unspecified atom stereocenters. The summed E-state index contributed by atoms with van der Waals surface area (Å²) in [6, 6.07) is 6.78. The molecule has 1 heterocycles. The molecule has 0 radical (unpaired) electrons. The SMILES string of the molecule is CN(C(=O)CCC1CCNC1)c1cccc(O)c1. The number of anilines is 1. The number of nitrogens with one attached hydrogen (secondary N) is 1. The third-order valence-corrected chi connectivity index (χ3v) is 3.52. The third-order valence-electron chi connectivity index (χ3n) is 3.52. The number of phenols is 1. The van der Waals surface area contributed by atoms with Gasteiger partial charge >= 0.3 is 0 Å². The smallest absolute Gasteiger partial charge is 0.226 e. The average molecular weight is 248 g/mol. The predicted molar refractivity (Wildman–Crippen MR) is 71.7 cm³/mol. The van der Waals surface area contributed by atoms with Crippen LogP contribution in [0.1, 0.15) is 19.3 Å². The zero-order valence-corrected chi connectivity index (χ0v) is 10.7. The number of phenolic OH excluding ortho intramolecular Hbond substituents is 1. The summed E-state index contributed by atoms with van der Waals surface area (Å²) in [5, 5.41) is 12.7. The van der Waals surface area contributed by atoms with Crippen LogP contribution in [0.5, 0.6) is 5.75 Å². The van der Waals surface area contributed by atoms with Crippen molar-refractivity contribution in [2.45, 2.75) is 19.3 Å². The predicted octanol–water partition coefficient (Wildman–Crippen LogP) is 1.74. The van der Waals surface area contributed by atoms with Gasteiger partial charge in [-0.05, 0) is 44.0 Å². The minimum atomic E-state index is 0.104. The second kappa shape index (κ2) is 5.87. The van der Waals surface area contributed by atoms with Gasteiger partial charge in [0.1, 0.15) is 5.75 Å². The number of carbonyl (C=O) groups is 1. The van der Waals surface area contributed by atoms with Gasteiger partial charge in [0.05, 0.1) is 0 Å². The normalized spacial score (nSPS) is 18.8. The van der Waals surface area contributed by atoms with Gasteiger partial charge in [-0.2, -0.15) is 0 Å². The number of nitrogens with zero attached hydrogens (tertiary/aromatic N) is 1. The van der Waals surface area contributed by atoms with Crippen molar-refractivity contribution in [2.24, 2.45) is 5.92 Å². The fourth-order valence-corrected chi connectivity index (χ4v) is 2.30. The highest BCUT2D eigenvalue weighted by atomic mass is 16.3. The molecule has 0 aliphatic carbocycles. The molecule has 4 heteroatoms. The zero-order chi connectivity index (χ0) is 13.0. The van der Waals surface area contributed by atoms with E-state index < -0.39 is 0 Å². The van der Waals surface area contributed by atoms with E-state index in [9.17, 15) is 9.90 Å². The minimum Gasteiger partial charge on any atom is -0.508 e. The summed E-state index contributed by atoms with van der Waals surface area (Å²) in [5.74, 6) is 0.922. The second-order valence-electron chi connectivity index (χ2n) is 4.87. The lowest BCUT2D eigenvalue weighted by Gasteiger charge is -2.18. The van der Waals surface area contributed by atoms with E-state index in [2.05, 4.69) is 5.32 Å². The van der Waals surface area contributed by atoms with E-state index in [4.69, 9.17) is 0 Å². The van der Waals surface area contributed by atoms with Crippen LogP contribution in [0.2, 0.25) is 0 Å². The maximum absolute atomic E-state index is 12.0. The van der Waals surface area contributed by atoms with Crippen LogP contribution in [0.4, 0.5) is 5.69 Å². The van der Waals surface area contributed by atoms with E-state index in [1.54, 1.807) is 30.1 Å². The maximum Gasteiger partial charge on any atom is 0.226 e. The minimum absolute atomic E-state index is 0.104. The Hall–Kier alpha value is -1.55. The summed E-state index contributed by atoms with van der Waals surface area (Å²) < 4.78 is 0. The lowest BCUT2D eigenvalue weighted by Crippen LogP contribution is -2.26. The van der Waals surface area contributed by atoms with E-state index in [0.29, 0.717) is 12.3 Å². The lowest BCUT2D eigenvalue weighted by atomic mass is 10.0. The molecule has 2 N–H and O–H groups in total. The largest absolute Gasteiger partial charge is 0.508 e. The number of rotatable bonds is 4. The lowest BCUT2D eigenvalue weighted by molar-refractivity contribution is -0.118. The van der Waals surface area contributed by atoms with Gasteiger partial charge in [-0.1, -0.05) is 6.07 Å². The summed E-state index contributed by atoms with van der Waals surface area (Å²) in [5.41, 5.74) is 0.740. The van der Waals surface area contributed by atoms with E-state index in [1.165, 1.54) is 6.42 Å². The van der Waals surface area contributed by atoms with Gasteiger partial charge in [0.2, 0.25) is 5.91 Å². The number of aromatic hydroxyl groups is 1. The highest BCUT2D eigenvalue weighted by Crippen LogP contribution is 2.21. The first-order chi connectivity index (χ1) is 8.66. The number of hydrogen-bond donors (Lipinski definition) is 2. The van der Waals surface area contributed by atoms with Crippen LogP contribution >= 0.6 is 0 Å². The topological polar surface area (TPSA) is 52.6 Å². The fraction of sp³-hybridized carbons (Fsp3) is 0.500. The molecule has 0 bridgehead atoms. The number of hydrogen-bond acceptors (Lipinski definition) is 3. The molecule has 4 nitrogen and oxygen atoms in total. The number of amides is 1. The first-order valence-electron chi connectivity index (χ1n) is 6.43. The molecular weight excluding hydrogens is 228 g/mol. The average Bonchev–Trinajstić information content (AvgIpc) is 2.88. The molecule has 1 amide bonds. The molecule has 18 heavy (non-hydrogen) atoms. The summed E-state index contributed by atoms with van der Waals surface area (Å²) >= 11 is 0. The Morgan fingerprint density at radius 3 is 3.06 bits per heavy atom. The summed E-state index contributed by atoms with van der Waals surface area (Å²) in [6.45, 7) is 2.10. The molecule has 1 saturated heterocycles. The molecule has 2 rings (SSSR count). The Bertz CT molecular complexity index is 414. The summed E-state index contributed by atoms with van der Waals surface area (Å²) in [4.78, 5) is 13.6. The first-order valence-corrected chi connectivity index (χ1v) is 6.43. The Labute approximate surface area is 108 Å². The van der Waals surface area contributed by atoms with Crippen LogP contribution < -0.4 is 10.2 Å². The van der Waals surface area contributed by atoms with Crippen molar-refractivity contribution >= 4 is 11.6 Å². The number of benzene rings is 1. The Balaban J connectivity index is 1.87. The van der Waals surface area contributed by atoms with Crippen LogP contribution in [0.3, 0.4) is 0 Å². The number of carbonyl (C=O) groups excluding carboxylic acids is 1. The van der Waals surface area contributed by atoms with Crippen LogP contribution in [-0.2, 0) is 4.79 Å². The molecule has 0 aromatic heterocycles. The molecule has 1 fully saturated rings. The van der Waals surface area contributed by atoms with Crippen molar-refractivity contribution in [3.63, 3.8) is 0 Å². The van der Waals surface area contributed by atoms with E-state index in [1.807, 2.05) is 6.07 Å². The van der Waals surface area contributed by atoms with E-state index in [-0.39, 0.29) is 11.7 Å². The van der Waals surface area contributed by atoms with Crippen LogP contribution in [0.15, 0.2) is 24.3 Å². The maximum atomic E-state index is 12.0. The van der Waals surface area contributed by atoms with Crippen molar-refractivity contribution in [1.29, 1.82) is 0 Å². The molecular formula is C14H20N2O2. The molecule has 1 atom stereocenters. The standard InChI is InChI=1S/C14H20N2O2/c1-16(12-3-2-4-13(17)9-12)14(18)6-5-11-7-8-15-10-11/h2-4,9,11,15,17H,5-8,10H2,1H3. The second-order valence-corrected chi connectivity index (χ2v) is 4.87. The molecule has 98 valence electrons. The van der Waals surface area contributed by atoms with Gasteiger partial charge in [0.15, 0.2) is 0 Å². The van der Waals surface area contributed by atoms with Crippen molar-refractivity contribution < 1.29 is 9.90 Å². The third kappa shape index (κ3) is 3.23. The molecule has 1 aliphatic heterocycles. The quantitative estimate of drug-likeness (QED) is 0.853. The van der Waals surface area contributed by atoms with Crippen molar-refractivity contribution in [2.75, 3.05) is 25.0 Å². The van der Waals surface area contributed by atoms with E-state index in [0.717, 1.165) is 25.2 Å². The molecule has 1 aromatic carbocycles. The van der Waals surface area contributed by atoms with E-state index >= 15 is 0 Å². The van der Waals surface area contributed by atoms with Crippen LogP contribution in [0, 0.1) is 5.92 Å². The van der Waals surface area contributed by atoms with Crippen LogP contribution in [0.25, 0.3) is 0 Å². The zero-order valence-electron chi connectivity index (χ0n) is 10.7. The van der Waals surface area contributed by atoms with Crippen LogP contribution in [-0.4, -0.2) is 31.2 Å². The summed E-state index contributed by atoms with van der Waals surface area (Å²) in [7, 11) is 1.75. The highest BCUT2D eigenvalue weighted by molar-refractivity contribution is 5.92. The molecule has 0 spiro atoms. The van der Waals surface area contributed by atoms with Gasteiger partial charge in [-0.25, -0.2) is 0 Å². The van der Waals surface area contributed by atoms with Crippen molar-refractivity contribution in [3.05, 3.63) is 24.3 Å². The summed E-state index contributed by atoms with van der Waals surface area (Å²) in [6.07, 6.45) is 2.68. The molecule has 1 aliphatic rings.